The molecule has 0 radical (unpaired) electrons. The van der Waals surface area contributed by atoms with Crippen LogP contribution >= 0.6 is 0 Å². The van der Waals surface area contributed by atoms with Crippen LogP contribution in [0.3, 0.4) is 0 Å². The molecule has 0 atom stereocenters. The van der Waals surface area contributed by atoms with Gasteiger partial charge in [-0.2, -0.15) is 0 Å². The van der Waals surface area contributed by atoms with Crippen molar-refractivity contribution < 1.29 is 19.4 Å². The van der Waals surface area contributed by atoms with Crippen molar-refractivity contribution in [2.75, 3.05) is 20.2 Å². The molecule has 1 rings (SSSR count). The van der Waals surface area contributed by atoms with Crippen molar-refractivity contribution in [2.24, 2.45) is 0 Å². The molecule has 0 saturated heterocycles. The van der Waals surface area contributed by atoms with Crippen LogP contribution in [0.15, 0.2) is 24.3 Å². The summed E-state index contributed by atoms with van der Waals surface area (Å²) in [6.45, 7) is 3.81. The molecule has 0 aromatic heterocycles. The highest BCUT2D eigenvalue weighted by Gasteiger charge is 2.09. The Hall–Kier alpha value is -2.08. The second-order valence-electron chi connectivity index (χ2n) is 4.68. The molecule has 21 heavy (non-hydrogen) atoms. The van der Waals surface area contributed by atoms with Gasteiger partial charge in [0.05, 0.1) is 13.0 Å². The van der Waals surface area contributed by atoms with Crippen LogP contribution in [0.5, 0.6) is 0 Å². The van der Waals surface area contributed by atoms with E-state index in [9.17, 15) is 9.59 Å². The lowest BCUT2D eigenvalue weighted by atomic mass is 10.1. The van der Waals surface area contributed by atoms with E-state index in [1.165, 1.54) is 4.90 Å². The van der Waals surface area contributed by atoms with Gasteiger partial charge >= 0.3 is 12.0 Å². The van der Waals surface area contributed by atoms with Gasteiger partial charge in [0.15, 0.2) is 0 Å². The minimum absolute atomic E-state index is 0.0595. The van der Waals surface area contributed by atoms with E-state index in [0.29, 0.717) is 19.8 Å². The number of amides is 2. The summed E-state index contributed by atoms with van der Waals surface area (Å²) in [4.78, 5) is 23.5. The SMILES string of the molecule is CCOCc1ccc(CNC(=O)N(C)CCC(=O)O)cc1. The number of carboxylic acid groups (broad SMARTS) is 1. The molecular weight excluding hydrogens is 272 g/mol. The Morgan fingerprint density at radius 3 is 2.43 bits per heavy atom. The van der Waals surface area contributed by atoms with E-state index in [1.54, 1.807) is 7.05 Å². The lowest BCUT2D eigenvalue weighted by Crippen LogP contribution is -2.37. The Morgan fingerprint density at radius 2 is 1.86 bits per heavy atom. The molecular formula is C15H22N2O4. The summed E-state index contributed by atoms with van der Waals surface area (Å²) in [5, 5.41) is 11.3. The number of aliphatic carboxylic acids is 1. The van der Waals surface area contributed by atoms with Crippen molar-refractivity contribution in [3.8, 4) is 0 Å². The first-order valence-electron chi connectivity index (χ1n) is 6.89. The van der Waals surface area contributed by atoms with Crippen molar-refractivity contribution in [3.63, 3.8) is 0 Å². The molecule has 0 aliphatic heterocycles. The van der Waals surface area contributed by atoms with E-state index in [-0.39, 0.29) is 19.0 Å². The van der Waals surface area contributed by atoms with Crippen molar-refractivity contribution in [2.45, 2.75) is 26.5 Å². The van der Waals surface area contributed by atoms with E-state index in [4.69, 9.17) is 9.84 Å². The molecule has 1 aromatic rings. The molecule has 0 unspecified atom stereocenters. The van der Waals surface area contributed by atoms with Crippen LogP contribution in [-0.2, 0) is 22.7 Å². The first-order chi connectivity index (χ1) is 10.0. The predicted molar refractivity (Wildman–Crippen MR) is 78.9 cm³/mol. The Bertz CT molecular complexity index is 459. The number of carbonyl (C=O) groups excluding carboxylic acids is 1. The summed E-state index contributed by atoms with van der Waals surface area (Å²) in [5.41, 5.74) is 2.07. The predicted octanol–water partition coefficient (Wildman–Crippen LogP) is 1.84. The Balaban J connectivity index is 2.36. The second kappa shape index (κ2) is 8.97. The number of hydrogen-bond donors (Lipinski definition) is 2. The molecule has 2 amide bonds. The molecule has 0 saturated carbocycles. The number of nitrogens with one attached hydrogen (secondary N) is 1. The van der Waals surface area contributed by atoms with E-state index >= 15 is 0 Å². The van der Waals surface area contributed by atoms with Crippen molar-refractivity contribution in [1.29, 1.82) is 0 Å². The third-order valence-electron chi connectivity index (χ3n) is 2.95. The topological polar surface area (TPSA) is 78.9 Å². The molecule has 0 spiro atoms. The highest BCUT2D eigenvalue weighted by molar-refractivity contribution is 5.75. The number of ether oxygens (including phenoxy) is 1. The number of urea groups is 1. The Morgan fingerprint density at radius 1 is 1.24 bits per heavy atom. The molecule has 0 aliphatic carbocycles. The summed E-state index contributed by atoms with van der Waals surface area (Å²) < 4.78 is 5.31. The van der Waals surface area contributed by atoms with Crippen LogP contribution in [0.2, 0.25) is 0 Å². The lowest BCUT2D eigenvalue weighted by Gasteiger charge is -2.17. The molecule has 0 fully saturated rings. The second-order valence-corrected chi connectivity index (χ2v) is 4.68. The Labute approximate surface area is 124 Å². The molecule has 6 nitrogen and oxygen atoms in total. The van der Waals surface area contributed by atoms with Crippen LogP contribution in [0.1, 0.15) is 24.5 Å². The number of nitrogens with zero attached hydrogens (tertiary/aromatic N) is 1. The van der Waals surface area contributed by atoms with Gasteiger partial charge in [-0.15, -0.1) is 0 Å². The lowest BCUT2D eigenvalue weighted by molar-refractivity contribution is -0.137. The average molecular weight is 294 g/mol. The summed E-state index contributed by atoms with van der Waals surface area (Å²) in [6.07, 6.45) is -0.0595. The quantitative estimate of drug-likeness (QED) is 0.767. The van der Waals surface area contributed by atoms with E-state index in [1.807, 2.05) is 31.2 Å². The van der Waals surface area contributed by atoms with Gasteiger partial charge in [-0.3, -0.25) is 4.79 Å². The standard InChI is InChI=1S/C15H22N2O4/c1-3-21-11-13-6-4-12(5-7-13)10-16-15(20)17(2)9-8-14(18)19/h4-7H,3,8-11H2,1-2H3,(H,16,20)(H,18,19). The minimum Gasteiger partial charge on any atom is -0.481 e. The van der Waals surface area contributed by atoms with Gasteiger partial charge in [0.1, 0.15) is 0 Å². The van der Waals surface area contributed by atoms with E-state index in [2.05, 4.69) is 5.32 Å². The molecule has 0 aliphatic rings. The summed E-state index contributed by atoms with van der Waals surface area (Å²) in [6, 6.07) is 7.52. The van der Waals surface area contributed by atoms with Gasteiger partial charge in [-0.25, -0.2) is 4.79 Å². The Kier molecular flexibility index (Phi) is 7.25. The van der Waals surface area contributed by atoms with Crippen LogP contribution in [0, 0.1) is 0 Å². The largest absolute Gasteiger partial charge is 0.481 e. The van der Waals surface area contributed by atoms with Gasteiger partial charge in [-0.1, -0.05) is 24.3 Å². The van der Waals surface area contributed by atoms with E-state index < -0.39 is 5.97 Å². The van der Waals surface area contributed by atoms with Gasteiger partial charge in [0.2, 0.25) is 0 Å². The van der Waals surface area contributed by atoms with Gasteiger partial charge < -0.3 is 20.1 Å². The molecule has 1 aromatic carbocycles. The van der Waals surface area contributed by atoms with Crippen molar-refractivity contribution in [1.82, 2.24) is 10.2 Å². The normalized spacial score (nSPS) is 10.2. The van der Waals surface area contributed by atoms with Crippen LogP contribution in [0.25, 0.3) is 0 Å². The first-order valence-corrected chi connectivity index (χ1v) is 6.89. The van der Waals surface area contributed by atoms with Crippen LogP contribution in [-0.4, -0.2) is 42.2 Å². The fourth-order valence-electron chi connectivity index (χ4n) is 1.65. The zero-order chi connectivity index (χ0) is 15.7. The van der Waals surface area contributed by atoms with E-state index in [0.717, 1.165) is 11.1 Å². The maximum Gasteiger partial charge on any atom is 0.317 e. The number of carboxylic acids is 1. The minimum atomic E-state index is -0.917. The number of carbonyl (C=O) groups is 2. The third kappa shape index (κ3) is 6.76. The zero-order valence-corrected chi connectivity index (χ0v) is 12.5. The number of hydrogen-bond acceptors (Lipinski definition) is 3. The summed E-state index contributed by atoms with van der Waals surface area (Å²) >= 11 is 0. The van der Waals surface area contributed by atoms with Crippen molar-refractivity contribution >= 4 is 12.0 Å². The monoisotopic (exact) mass is 294 g/mol. The summed E-state index contributed by atoms with van der Waals surface area (Å²) in [7, 11) is 1.57. The smallest absolute Gasteiger partial charge is 0.317 e. The van der Waals surface area contributed by atoms with Crippen molar-refractivity contribution in [3.05, 3.63) is 35.4 Å². The van der Waals surface area contributed by atoms with Crippen LogP contribution < -0.4 is 5.32 Å². The maximum absolute atomic E-state index is 11.7. The zero-order valence-electron chi connectivity index (χ0n) is 12.5. The van der Waals surface area contributed by atoms with Gasteiger partial charge in [0, 0.05) is 26.7 Å². The van der Waals surface area contributed by atoms with Gasteiger partial charge in [-0.05, 0) is 18.1 Å². The average Bonchev–Trinajstić information content (AvgIpc) is 2.49. The van der Waals surface area contributed by atoms with Gasteiger partial charge in [0.25, 0.3) is 0 Å². The summed E-state index contributed by atoms with van der Waals surface area (Å²) in [5.74, 6) is -0.917. The highest BCUT2D eigenvalue weighted by atomic mass is 16.5. The molecule has 0 bridgehead atoms. The fourth-order valence-corrected chi connectivity index (χ4v) is 1.65. The molecule has 2 N–H and O–H groups in total. The fraction of sp³-hybridized carbons (Fsp3) is 0.467. The molecule has 6 heteroatoms. The third-order valence-corrected chi connectivity index (χ3v) is 2.95. The number of rotatable bonds is 8. The molecule has 116 valence electrons. The highest BCUT2D eigenvalue weighted by Crippen LogP contribution is 2.06. The molecule has 0 heterocycles. The maximum atomic E-state index is 11.7. The van der Waals surface area contributed by atoms with Crippen LogP contribution in [0.4, 0.5) is 4.79 Å². The number of benzene rings is 1. The first kappa shape index (κ1) is 17.0.